The molecular formula is C24H32N4O3. The van der Waals surface area contributed by atoms with Gasteiger partial charge in [-0.05, 0) is 55.8 Å². The van der Waals surface area contributed by atoms with E-state index < -0.39 is 6.04 Å². The van der Waals surface area contributed by atoms with E-state index in [4.69, 9.17) is 0 Å². The van der Waals surface area contributed by atoms with E-state index in [2.05, 4.69) is 22.0 Å². The Morgan fingerprint density at radius 2 is 1.94 bits per heavy atom. The van der Waals surface area contributed by atoms with Crippen LogP contribution in [0.5, 0.6) is 0 Å². The highest BCUT2D eigenvalue weighted by molar-refractivity contribution is 6.05. The van der Waals surface area contributed by atoms with Crippen LogP contribution in [0.1, 0.15) is 79.3 Å². The Kier molecular flexibility index (Phi) is 5.56. The normalized spacial score (nSPS) is 28.0. The molecule has 0 radical (unpaired) electrons. The zero-order valence-electron chi connectivity index (χ0n) is 18.0. The SMILES string of the molecule is O=C1CCC(N2Cc3ccc(CNC4CCNC5(CCCCC5)C4)cc3C2=O)C(=O)N1. The quantitative estimate of drug-likeness (QED) is 0.643. The van der Waals surface area contributed by atoms with Crippen LogP contribution < -0.4 is 16.0 Å². The van der Waals surface area contributed by atoms with Crippen molar-refractivity contribution in [2.75, 3.05) is 6.54 Å². The van der Waals surface area contributed by atoms with Gasteiger partial charge in [-0.15, -0.1) is 0 Å². The van der Waals surface area contributed by atoms with Gasteiger partial charge in [-0.2, -0.15) is 0 Å². The standard InChI is InChI=1S/C24H32N4O3/c29-21-7-6-20(22(30)27-21)28-15-17-5-4-16(12-19(17)23(28)31)14-25-18-8-11-26-24(13-18)9-2-1-3-10-24/h4-5,12,18,20,25-26H,1-3,6-11,13-15H2,(H,27,29,30). The maximum absolute atomic E-state index is 13.0. The van der Waals surface area contributed by atoms with E-state index in [-0.39, 0.29) is 24.1 Å². The van der Waals surface area contributed by atoms with Crippen molar-refractivity contribution in [3.63, 3.8) is 0 Å². The summed E-state index contributed by atoms with van der Waals surface area (Å²) in [5.41, 5.74) is 3.08. The van der Waals surface area contributed by atoms with Crippen molar-refractivity contribution in [1.82, 2.24) is 20.9 Å². The van der Waals surface area contributed by atoms with Crippen molar-refractivity contribution < 1.29 is 14.4 Å². The van der Waals surface area contributed by atoms with Gasteiger partial charge < -0.3 is 15.5 Å². The Balaban J connectivity index is 1.22. The second kappa shape index (κ2) is 8.36. The Hall–Kier alpha value is -2.25. The van der Waals surface area contributed by atoms with Gasteiger partial charge in [-0.1, -0.05) is 31.4 Å². The predicted molar refractivity (Wildman–Crippen MR) is 116 cm³/mol. The lowest BCUT2D eigenvalue weighted by atomic mass is 9.75. The van der Waals surface area contributed by atoms with Crippen LogP contribution in [0.15, 0.2) is 18.2 Å². The number of nitrogens with zero attached hydrogens (tertiary/aromatic N) is 1. The second-order valence-corrected chi connectivity index (χ2v) is 9.73. The summed E-state index contributed by atoms with van der Waals surface area (Å²) in [5.74, 6) is -0.720. The molecule has 3 N–H and O–H groups in total. The van der Waals surface area contributed by atoms with Crippen LogP contribution in [0.2, 0.25) is 0 Å². The summed E-state index contributed by atoms with van der Waals surface area (Å²) in [4.78, 5) is 38.3. The molecule has 2 saturated heterocycles. The monoisotopic (exact) mass is 424 g/mol. The maximum Gasteiger partial charge on any atom is 0.255 e. The number of benzene rings is 1. The smallest absolute Gasteiger partial charge is 0.255 e. The summed E-state index contributed by atoms with van der Waals surface area (Å²) < 4.78 is 0. The third kappa shape index (κ3) is 4.13. The highest BCUT2D eigenvalue weighted by Gasteiger charge is 2.39. The lowest BCUT2D eigenvalue weighted by molar-refractivity contribution is -0.136. The molecule has 0 aromatic heterocycles. The molecule has 4 aliphatic rings. The Bertz CT molecular complexity index is 887. The highest BCUT2D eigenvalue weighted by Crippen LogP contribution is 2.35. The molecule has 5 rings (SSSR count). The van der Waals surface area contributed by atoms with Gasteiger partial charge in [0.25, 0.3) is 5.91 Å². The molecule has 3 amide bonds. The molecule has 3 aliphatic heterocycles. The minimum absolute atomic E-state index is 0.102. The van der Waals surface area contributed by atoms with Crippen LogP contribution in [-0.4, -0.2) is 46.8 Å². The van der Waals surface area contributed by atoms with Crippen molar-refractivity contribution >= 4 is 17.7 Å². The van der Waals surface area contributed by atoms with Crippen LogP contribution in [0.4, 0.5) is 0 Å². The second-order valence-electron chi connectivity index (χ2n) is 9.73. The number of piperidine rings is 2. The Labute approximate surface area is 183 Å². The first-order chi connectivity index (χ1) is 15.0. The number of nitrogens with one attached hydrogen (secondary N) is 3. The van der Waals surface area contributed by atoms with Crippen LogP contribution >= 0.6 is 0 Å². The van der Waals surface area contributed by atoms with Gasteiger partial charge in [0.2, 0.25) is 11.8 Å². The third-order valence-electron chi connectivity index (χ3n) is 7.63. The molecule has 7 nitrogen and oxygen atoms in total. The summed E-state index contributed by atoms with van der Waals surface area (Å²) in [6.07, 6.45) is 9.59. The van der Waals surface area contributed by atoms with Gasteiger partial charge in [0, 0.05) is 36.7 Å². The van der Waals surface area contributed by atoms with Crippen LogP contribution in [-0.2, 0) is 22.7 Å². The van der Waals surface area contributed by atoms with Gasteiger partial charge in [-0.25, -0.2) is 0 Å². The third-order valence-corrected chi connectivity index (χ3v) is 7.63. The van der Waals surface area contributed by atoms with Gasteiger partial charge >= 0.3 is 0 Å². The minimum Gasteiger partial charge on any atom is -0.322 e. The number of carbonyl (C=O) groups is 3. The summed E-state index contributed by atoms with van der Waals surface area (Å²) >= 11 is 0. The molecule has 3 heterocycles. The molecule has 1 spiro atoms. The van der Waals surface area contributed by atoms with Gasteiger partial charge in [0.1, 0.15) is 6.04 Å². The molecule has 166 valence electrons. The molecule has 1 aliphatic carbocycles. The first kappa shape index (κ1) is 20.6. The van der Waals surface area contributed by atoms with Crippen molar-refractivity contribution in [1.29, 1.82) is 0 Å². The number of imide groups is 1. The van der Waals surface area contributed by atoms with E-state index in [1.807, 2.05) is 12.1 Å². The summed E-state index contributed by atoms with van der Waals surface area (Å²) in [6.45, 7) is 2.26. The number of fused-ring (bicyclic) bond motifs is 1. The number of rotatable bonds is 4. The van der Waals surface area contributed by atoms with Crippen molar-refractivity contribution in [2.24, 2.45) is 0 Å². The fourth-order valence-electron chi connectivity index (χ4n) is 5.92. The van der Waals surface area contributed by atoms with Crippen LogP contribution in [0, 0.1) is 0 Å². The van der Waals surface area contributed by atoms with E-state index in [1.54, 1.807) is 4.90 Å². The molecule has 3 fully saturated rings. The van der Waals surface area contributed by atoms with Crippen molar-refractivity contribution in [3.05, 3.63) is 34.9 Å². The van der Waals surface area contributed by atoms with Crippen LogP contribution in [0.3, 0.4) is 0 Å². The van der Waals surface area contributed by atoms with E-state index >= 15 is 0 Å². The first-order valence-electron chi connectivity index (χ1n) is 11.8. The lowest BCUT2D eigenvalue weighted by Crippen LogP contribution is -2.56. The topological polar surface area (TPSA) is 90.5 Å². The summed E-state index contributed by atoms with van der Waals surface area (Å²) in [5, 5.41) is 9.90. The van der Waals surface area contributed by atoms with Crippen molar-refractivity contribution in [2.45, 2.75) is 88.5 Å². The average molecular weight is 425 g/mol. The molecule has 1 saturated carbocycles. The Morgan fingerprint density at radius 1 is 1.10 bits per heavy atom. The summed E-state index contributed by atoms with van der Waals surface area (Å²) in [6, 6.07) is 6.03. The predicted octanol–water partition coefficient (Wildman–Crippen LogP) is 1.99. The first-order valence-corrected chi connectivity index (χ1v) is 11.8. The molecule has 0 bridgehead atoms. The average Bonchev–Trinajstić information content (AvgIpc) is 3.09. The Morgan fingerprint density at radius 3 is 2.74 bits per heavy atom. The molecule has 31 heavy (non-hydrogen) atoms. The lowest BCUT2D eigenvalue weighted by Gasteiger charge is -2.45. The summed E-state index contributed by atoms with van der Waals surface area (Å²) in [7, 11) is 0. The minimum atomic E-state index is -0.555. The van der Waals surface area contributed by atoms with E-state index in [1.165, 1.54) is 38.5 Å². The highest BCUT2D eigenvalue weighted by atomic mass is 16.2. The molecule has 2 atom stereocenters. The van der Waals surface area contributed by atoms with E-state index in [0.717, 1.165) is 30.6 Å². The van der Waals surface area contributed by atoms with Gasteiger partial charge in [0.15, 0.2) is 0 Å². The number of hydrogen-bond acceptors (Lipinski definition) is 5. The zero-order valence-corrected chi connectivity index (χ0v) is 18.0. The molecule has 2 unspecified atom stereocenters. The number of hydrogen-bond donors (Lipinski definition) is 3. The molecule has 1 aromatic rings. The molecule has 7 heteroatoms. The zero-order chi connectivity index (χ0) is 21.4. The largest absolute Gasteiger partial charge is 0.322 e. The molecule has 1 aromatic carbocycles. The van der Waals surface area contributed by atoms with Gasteiger partial charge in [-0.3, -0.25) is 19.7 Å². The fraction of sp³-hybridized carbons (Fsp3) is 0.625. The van der Waals surface area contributed by atoms with Gasteiger partial charge in [0.05, 0.1) is 0 Å². The van der Waals surface area contributed by atoms with E-state index in [9.17, 15) is 14.4 Å². The fourth-order valence-corrected chi connectivity index (χ4v) is 5.92. The maximum atomic E-state index is 13.0. The number of amides is 3. The van der Waals surface area contributed by atoms with Crippen LogP contribution in [0.25, 0.3) is 0 Å². The molecular weight excluding hydrogens is 392 g/mol. The van der Waals surface area contributed by atoms with Crippen molar-refractivity contribution in [3.8, 4) is 0 Å². The number of carbonyl (C=O) groups excluding carboxylic acids is 3. The van der Waals surface area contributed by atoms with E-state index in [0.29, 0.717) is 30.1 Å².